The van der Waals surface area contributed by atoms with Gasteiger partial charge in [0.2, 0.25) is 0 Å². The maximum Gasteiger partial charge on any atom is 0.254 e. The van der Waals surface area contributed by atoms with E-state index in [1.165, 1.54) is 0 Å². The van der Waals surface area contributed by atoms with Gasteiger partial charge in [-0.25, -0.2) is 0 Å². The molecule has 1 N–H and O–H groups in total. The second-order valence-corrected chi connectivity index (χ2v) is 5.96. The highest BCUT2D eigenvalue weighted by Crippen LogP contribution is 2.20. The zero-order valence-electron chi connectivity index (χ0n) is 11.6. The summed E-state index contributed by atoms with van der Waals surface area (Å²) in [5.41, 5.74) is 1.90. The van der Waals surface area contributed by atoms with Gasteiger partial charge in [-0.3, -0.25) is 4.79 Å². The molecule has 1 aliphatic rings. The summed E-state index contributed by atoms with van der Waals surface area (Å²) in [7, 11) is 0. The molecular formula is C15H21BrN2O. The molecular weight excluding hydrogens is 304 g/mol. The van der Waals surface area contributed by atoms with Crippen molar-refractivity contribution in [2.45, 2.75) is 32.7 Å². The van der Waals surface area contributed by atoms with Gasteiger partial charge in [0, 0.05) is 29.2 Å². The van der Waals surface area contributed by atoms with E-state index in [0.29, 0.717) is 6.04 Å². The second-order valence-electron chi connectivity index (χ2n) is 5.11. The number of amides is 1. The maximum absolute atomic E-state index is 12.7. The Morgan fingerprint density at radius 3 is 2.89 bits per heavy atom. The van der Waals surface area contributed by atoms with E-state index in [0.717, 1.165) is 48.1 Å². The Kier molecular flexibility index (Phi) is 4.99. The van der Waals surface area contributed by atoms with Gasteiger partial charge in [-0.2, -0.15) is 0 Å². The number of hydrogen-bond donors (Lipinski definition) is 1. The van der Waals surface area contributed by atoms with Crippen LogP contribution in [0.5, 0.6) is 0 Å². The first-order valence-electron chi connectivity index (χ1n) is 6.91. The summed E-state index contributed by atoms with van der Waals surface area (Å²) in [5.74, 6) is 0.158. The van der Waals surface area contributed by atoms with Crippen molar-refractivity contribution in [1.29, 1.82) is 0 Å². The number of halogens is 1. The van der Waals surface area contributed by atoms with E-state index in [9.17, 15) is 4.79 Å². The lowest BCUT2D eigenvalue weighted by Gasteiger charge is -2.28. The molecule has 1 saturated heterocycles. The summed E-state index contributed by atoms with van der Waals surface area (Å²) in [6.07, 6.45) is 2.05. The third-order valence-electron chi connectivity index (χ3n) is 3.61. The van der Waals surface area contributed by atoms with Crippen molar-refractivity contribution in [3.05, 3.63) is 33.8 Å². The summed E-state index contributed by atoms with van der Waals surface area (Å²) in [4.78, 5) is 14.7. The van der Waals surface area contributed by atoms with E-state index in [2.05, 4.69) is 28.2 Å². The van der Waals surface area contributed by atoms with Gasteiger partial charge in [0.15, 0.2) is 0 Å². The Morgan fingerprint density at radius 2 is 2.32 bits per heavy atom. The molecule has 1 amide bonds. The Hall–Kier alpha value is -0.870. The lowest BCUT2D eigenvalue weighted by Crippen LogP contribution is -2.42. The first-order valence-corrected chi connectivity index (χ1v) is 7.70. The summed E-state index contributed by atoms with van der Waals surface area (Å²) < 4.78 is 1.05. The minimum absolute atomic E-state index is 0.158. The number of nitrogens with one attached hydrogen (secondary N) is 1. The van der Waals surface area contributed by atoms with Crippen molar-refractivity contribution in [2.75, 3.05) is 19.6 Å². The Balaban J connectivity index is 2.20. The lowest BCUT2D eigenvalue weighted by atomic mass is 10.1. The minimum Gasteiger partial charge on any atom is -0.334 e. The molecule has 0 saturated carbocycles. The van der Waals surface area contributed by atoms with Gasteiger partial charge in [-0.1, -0.05) is 22.9 Å². The molecule has 4 heteroatoms. The van der Waals surface area contributed by atoms with E-state index in [1.807, 2.05) is 30.0 Å². The van der Waals surface area contributed by atoms with Crippen LogP contribution < -0.4 is 5.32 Å². The van der Waals surface area contributed by atoms with Gasteiger partial charge in [-0.15, -0.1) is 0 Å². The minimum atomic E-state index is 0.158. The highest BCUT2D eigenvalue weighted by molar-refractivity contribution is 9.10. The van der Waals surface area contributed by atoms with Crippen LogP contribution in [0, 0.1) is 6.92 Å². The van der Waals surface area contributed by atoms with Crippen LogP contribution in [0.2, 0.25) is 0 Å². The van der Waals surface area contributed by atoms with Crippen molar-refractivity contribution in [3.63, 3.8) is 0 Å². The number of carbonyl (C=O) groups is 1. The molecule has 104 valence electrons. The maximum atomic E-state index is 12.7. The van der Waals surface area contributed by atoms with Crippen molar-refractivity contribution < 1.29 is 4.79 Å². The highest BCUT2D eigenvalue weighted by Gasteiger charge is 2.26. The summed E-state index contributed by atoms with van der Waals surface area (Å²) >= 11 is 3.48. The molecule has 0 radical (unpaired) electrons. The number of rotatable bonds is 4. The lowest BCUT2D eigenvalue weighted by molar-refractivity contribution is 0.0692. The normalized spacial score (nSPS) is 18.6. The van der Waals surface area contributed by atoms with Gasteiger partial charge < -0.3 is 10.2 Å². The molecule has 19 heavy (non-hydrogen) atoms. The van der Waals surface area contributed by atoms with E-state index >= 15 is 0 Å². The topological polar surface area (TPSA) is 32.3 Å². The van der Waals surface area contributed by atoms with Gasteiger partial charge in [-0.05, 0) is 50.1 Å². The molecule has 1 unspecified atom stereocenters. The Labute approximate surface area is 123 Å². The fourth-order valence-corrected chi connectivity index (χ4v) is 2.79. The predicted molar refractivity (Wildman–Crippen MR) is 81.5 cm³/mol. The van der Waals surface area contributed by atoms with E-state index in [4.69, 9.17) is 0 Å². The molecule has 3 nitrogen and oxygen atoms in total. The molecule has 0 aromatic heterocycles. The first-order chi connectivity index (χ1) is 9.13. The standard InChI is InChI=1S/C15H21BrN2O/c1-3-8-18(13-6-7-17-10-13)15(19)12-4-5-14(16)11(2)9-12/h4-5,9,13,17H,3,6-8,10H2,1-2H3. The van der Waals surface area contributed by atoms with Crippen LogP contribution >= 0.6 is 15.9 Å². The van der Waals surface area contributed by atoms with Crippen LogP contribution in [-0.2, 0) is 0 Å². The molecule has 0 aliphatic carbocycles. The second kappa shape index (κ2) is 6.53. The highest BCUT2D eigenvalue weighted by atomic mass is 79.9. The SMILES string of the molecule is CCCN(C(=O)c1ccc(Br)c(C)c1)C1CCNC1. The third-order valence-corrected chi connectivity index (χ3v) is 4.50. The monoisotopic (exact) mass is 324 g/mol. The van der Waals surface area contributed by atoms with Crippen molar-refractivity contribution >= 4 is 21.8 Å². The largest absolute Gasteiger partial charge is 0.334 e. The van der Waals surface area contributed by atoms with Gasteiger partial charge in [0.1, 0.15) is 0 Å². The van der Waals surface area contributed by atoms with Crippen LogP contribution in [0.4, 0.5) is 0 Å². The zero-order valence-corrected chi connectivity index (χ0v) is 13.2. The Bertz CT molecular complexity index is 455. The van der Waals surface area contributed by atoms with Crippen molar-refractivity contribution in [1.82, 2.24) is 10.2 Å². The number of carbonyl (C=O) groups excluding carboxylic acids is 1. The fourth-order valence-electron chi connectivity index (χ4n) is 2.54. The van der Waals surface area contributed by atoms with Crippen molar-refractivity contribution in [3.8, 4) is 0 Å². The fraction of sp³-hybridized carbons (Fsp3) is 0.533. The van der Waals surface area contributed by atoms with E-state index < -0.39 is 0 Å². The quantitative estimate of drug-likeness (QED) is 0.923. The molecule has 0 bridgehead atoms. The first kappa shape index (κ1) is 14.5. The molecule has 1 atom stereocenters. The smallest absolute Gasteiger partial charge is 0.254 e. The zero-order chi connectivity index (χ0) is 13.8. The van der Waals surface area contributed by atoms with Gasteiger partial charge in [0.05, 0.1) is 0 Å². The van der Waals surface area contributed by atoms with Crippen LogP contribution in [0.25, 0.3) is 0 Å². The van der Waals surface area contributed by atoms with Crippen LogP contribution in [0.15, 0.2) is 22.7 Å². The van der Waals surface area contributed by atoms with E-state index in [1.54, 1.807) is 0 Å². The molecule has 1 aromatic rings. The van der Waals surface area contributed by atoms with Crippen LogP contribution in [0.3, 0.4) is 0 Å². The van der Waals surface area contributed by atoms with Gasteiger partial charge >= 0.3 is 0 Å². The van der Waals surface area contributed by atoms with Crippen molar-refractivity contribution in [2.24, 2.45) is 0 Å². The summed E-state index contributed by atoms with van der Waals surface area (Å²) in [6, 6.07) is 6.18. The molecule has 1 fully saturated rings. The molecule has 2 rings (SSSR count). The third kappa shape index (κ3) is 3.37. The van der Waals surface area contributed by atoms with Gasteiger partial charge in [0.25, 0.3) is 5.91 Å². The number of benzene rings is 1. The summed E-state index contributed by atoms with van der Waals surface area (Å²) in [6.45, 7) is 6.90. The van der Waals surface area contributed by atoms with Crippen LogP contribution in [-0.4, -0.2) is 36.5 Å². The molecule has 1 heterocycles. The average molecular weight is 325 g/mol. The molecule has 1 aliphatic heterocycles. The molecule has 1 aromatic carbocycles. The molecule has 0 spiro atoms. The number of aryl methyl sites for hydroxylation is 1. The number of nitrogens with zero attached hydrogens (tertiary/aromatic N) is 1. The van der Waals surface area contributed by atoms with E-state index in [-0.39, 0.29) is 5.91 Å². The average Bonchev–Trinajstić information content (AvgIpc) is 2.92. The van der Waals surface area contributed by atoms with Crippen LogP contribution in [0.1, 0.15) is 35.7 Å². The number of hydrogen-bond acceptors (Lipinski definition) is 2. The predicted octanol–water partition coefficient (Wildman–Crippen LogP) is 2.97. The Morgan fingerprint density at radius 1 is 1.53 bits per heavy atom. The summed E-state index contributed by atoms with van der Waals surface area (Å²) in [5, 5.41) is 3.34.